The van der Waals surface area contributed by atoms with Crippen molar-refractivity contribution in [1.29, 1.82) is 0 Å². The van der Waals surface area contributed by atoms with Crippen molar-refractivity contribution in [1.82, 2.24) is 19.4 Å². The first-order valence-corrected chi connectivity index (χ1v) is 14.0. The molecule has 0 atom stereocenters. The van der Waals surface area contributed by atoms with Crippen LogP contribution in [0.25, 0.3) is 33.5 Å². The van der Waals surface area contributed by atoms with Crippen LogP contribution in [-0.4, -0.2) is 52.8 Å². The average Bonchev–Trinajstić information content (AvgIpc) is 3.23. The number of hydrogen-bond acceptors (Lipinski definition) is 6. The molecule has 6 nitrogen and oxygen atoms in total. The third-order valence-corrected chi connectivity index (χ3v) is 8.27. The number of fused-ring (bicyclic) bond motifs is 2. The number of nitrogens with zero attached hydrogens (tertiary/aromatic N) is 4. The Bertz CT molecular complexity index is 1540. The van der Waals surface area contributed by atoms with Gasteiger partial charge in [0.25, 0.3) is 0 Å². The summed E-state index contributed by atoms with van der Waals surface area (Å²) in [7, 11) is 3.75. The van der Waals surface area contributed by atoms with Crippen LogP contribution in [-0.2, 0) is 7.05 Å². The zero-order valence-electron chi connectivity index (χ0n) is 21.9. The molecular weight excluding hydrogens is 492 g/mol. The molecule has 1 aliphatic rings. The van der Waals surface area contributed by atoms with Crippen molar-refractivity contribution >= 4 is 34.0 Å². The number of likely N-dealkylation sites (tertiary alicyclic amines) is 1. The Hall–Kier alpha value is -3.55. The minimum Gasteiger partial charge on any atom is -0.497 e. The van der Waals surface area contributed by atoms with E-state index < -0.39 is 0 Å². The largest absolute Gasteiger partial charge is 0.497 e. The molecule has 0 amide bonds. The molecule has 5 aromatic rings. The number of para-hydroxylation sites is 2. The van der Waals surface area contributed by atoms with Crippen LogP contribution in [0.1, 0.15) is 19.3 Å². The van der Waals surface area contributed by atoms with Crippen LogP contribution < -0.4 is 9.47 Å². The highest BCUT2D eigenvalue weighted by Crippen LogP contribution is 2.42. The van der Waals surface area contributed by atoms with Gasteiger partial charge in [0.2, 0.25) is 0 Å². The second-order valence-corrected chi connectivity index (χ2v) is 10.8. The van der Waals surface area contributed by atoms with E-state index in [0.717, 1.165) is 67.9 Å². The number of benzene rings is 3. The zero-order chi connectivity index (χ0) is 25.9. The van der Waals surface area contributed by atoms with Crippen LogP contribution in [0.5, 0.6) is 11.5 Å². The van der Waals surface area contributed by atoms with E-state index in [0.29, 0.717) is 0 Å². The Labute approximate surface area is 227 Å². The molecule has 0 bridgehead atoms. The fourth-order valence-corrected chi connectivity index (χ4v) is 6.21. The van der Waals surface area contributed by atoms with Crippen LogP contribution in [0, 0.1) is 0 Å². The second-order valence-electron chi connectivity index (χ2n) is 9.67. The molecule has 0 saturated carbocycles. The fraction of sp³-hybridized carbons (Fsp3) is 0.290. The molecule has 2 aromatic heterocycles. The van der Waals surface area contributed by atoms with Gasteiger partial charge < -0.3 is 14.0 Å². The summed E-state index contributed by atoms with van der Waals surface area (Å²) in [5, 5.41) is 0. The molecule has 1 aliphatic heterocycles. The van der Waals surface area contributed by atoms with Crippen LogP contribution >= 0.6 is 11.8 Å². The van der Waals surface area contributed by atoms with Gasteiger partial charge in [-0.15, -0.1) is 0 Å². The highest BCUT2D eigenvalue weighted by atomic mass is 32.2. The maximum Gasteiger partial charge on any atom is 0.160 e. The summed E-state index contributed by atoms with van der Waals surface area (Å²) in [6.07, 6.45) is 3.96. The third-order valence-electron chi connectivity index (χ3n) is 7.17. The molecule has 0 aliphatic carbocycles. The van der Waals surface area contributed by atoms with E-state index in [1.54, 1.807) is 18.9 Å². The molecule has 0 radical (unpaired) electrons. The molecule has 194 valence electrons. The van der Waals surface area contributed by atoms with E-state index in [4.69, 9.17) is 19.4 Å². The normalized spacial score (nSPS) is 14.3. The van der Waals surface area contributed by atoms with Gasteiger partial charge in [0, 0.05) is 18.5 Å². The quantitative estimate of drug-likeness (QED) is 0.222. The summed E-state index contributed by atoms with van der Waals surface area (Å²) in [6.45, 7) is 4.10. The second kappa shape index (κ2) is 11.1. The molecule has 0 unspecified atom stereocenters. The first kappa shape index (κ1) is 24.8. The summed E-state index contributed by atoms with van der Waals surface area (Å²) >= 11 is 1.71. The molecule has 0 N–H and O–H groups in total. The van der Waals surface area contributed by atoms with Crippen molar-refractivity contribution in [2.75, 3.05) is 33.4 Å². The monoisotopic (exact) mass is 524 g/mol. The molecule has 6 rings (SSSR count). The van der Waals surface area contributed by atoms with Gasteiger partial charge in [-0.2, -0.15) is 0 Å². The molecule has 3 aromatic carbocycles. The van der Waals surface area contributed by atoms with Gasteiger partial charge in [0.05, 0.1) is 28.7 Å². The van der Waals surface area contributed by atoms with E-state index in [2.05, 4.69) is 52.9 Å². The number of piperidine rings is 1. The molecule has 3 heterocycles. The van der Waals surface area contributed by atoms with Crippen molar-refractivity contribution in [3.63, 3.8) is 0 Å². The lowest BCUT2D eigenvalue weighted by Crippen LogP contribution is -2.33. The zero-order valence-corrected chi connectivity index (χ0v) is 22.7. The van der Waals surface area contributed by atoms with Crippen molar-refractivity contribution in [3.05, 3.63) is 72.8 Å². The van der Waals surface area contributed by atoms with Gasteiger partial charge in [-0.3, -0.25) is 4.90 Å². The van der Waals surface area contributed by atoms with Gasteiger partial charge in [-0.05, 0) is 92.2 Å². The lowest BCUT2D eigenvalue weighted by atomic mass is 10.1. The topological polar surface area (TPSA) is 52.4 Å². The van der Waals surface area contributed by atoms with Crippen molar-refractivity contribution < 1.29 is 9.47 Å². The number of aromatic nitrogens is 3. The maximum atomic E-state index is 6.06. The van der Waals surface area contributed by atoms with Crippen LogP contribution in [0.4, 0.5) is 0 Å². The Morgan fingerprint density at radius 1 is 0.816 bits per heavy atom. The average molecular weight is 525 g/mol. The van der Waals surface area contributed by atoms with Crippen LogP contribution in [0.15, 0.2) is 82.6 Å². The SMILES string of the molecule is COc1ccc(-c2c(Sc3ccc(OCCN4CCCCC4)cc3)c3nc4ccccc4nc3n2C)cc1. The van der Waals surface area contributed by atoms with E-state index in [1.807, 2.05) is 36.4 Å². The predicted molar refractivity (Wildman–Crippen MR) is 154 cm³/mol. The molecule has 7 heteroatoms. The minimum atomic E-state index is 0.722. The molecule has 0 spiro atoms. The standard InChI is InChI=1S/C31H32N4O2S/c1-34-29(22-10-12-23(36-2)13-11-22)30(28-31(34)33-27-9-5-4-8-26(27)32-28)38-25-16-14-24(15-17-25)37-21-20-35-18-6-3-7-19-35/h4-5,8-17H,3,6-7,18-21H2,1-2H3. The van der Waals surface area contributed by atoms with Crippen LogP contribution in [0.2, 0.25) is 0 Å². The molecule has 1 saturated heterocycles. The maximum absolute atomic E-state index is 6.06. The summed E-state index contributed by atoms with van der Waals surface area (Å²) in [4.78, 5) is 14.8. The Kier molecular flexibility index (Phi) is 7.20. The predicted octanol–water partition coefficient (Wildman–Crippen LogP) is 6.81. The van der Waals surface area contributed by atoms with Crippen molar-refractivity contribution in [2.24, 2.45) is 7.05 Å². The number of ether oxygens (including phenoxy) is 2. The number of aryl methyl sites for hydroxylation is 1. The van der Waals surface area contributed by atoms with Gasteiger partial charge in [0.15, 0.2) is 5.65 Å². The van der Waals surface area contributed by atoms with Gasteiger partial charge >= 0.3 is 0 Å². The van der Waals surface area contributed by atoms with E-state index in [9.17, 15) is 0 Å². The molecular formula is C31H32N4O2S. The lowest BCUT2D eigenvalue weighted by molar-refractivity contribution is 0.183. The van der Waals surface area contributed by atoms with Gasteiger partial charge in [-0.25, -0.2) is 9.97 Å². The Morgan fingerprint density at radius 2 is 1.50 bits per heavy atom. The van der Waals surface area contributed by atoms with E-state index in [1.165, 1.54) is 32.4 Å². The summed E-state index contributed by atoms with van der Waals surface area (Å²) in [6, 6.07) is 24.6. The summed E-state index contributed by atoms with van der Waals surface area (Å²) in [5.41, 5.74) is 5.75. The molecule has 38 heavy (non-hydrogen) atoms. The van der Waals surface area contributed by atoms with Crippen molar-refractivity contribution in [2.45, 2.75) is 29.1 Å². The highest BCUT2D eigenvalue weighted by Gasteiger charge is 2.21. The number of hydrogen-bond donors (Lipinski definition) is 0. The van der Waals surface area contributed by atoms with Crippen LogP contribution in [0.3, 0.4) is 0 Å². The van der Waals surface area contributed by atoms with Gasteiger partial charge in [-0.1, -0.05) is 30.3 Å². The Morgan fingerprint density at radius 3 is 2.21 bits per heavy atom. The minimum absolute atomic E-state index is 0.722. The summed E-state index contributed by atoms with van der Waals surface area (Å²) < 4.78 is 13.6. The van der Waals surface area contributed by atoms with Gasteiger partial charge in [0.1, 0.15) is 23.6 Å². The molecule has 1 fully saturated rings. The fourth-order valence-electron chi connectivity index (χ4n) is 5.11. The first-order chi connectivity index (χ1) is 18.7. The van der Waals surface area contributed by atoms with Crippen molar-refractivity contribution in [3.8, 4) is 22.8 Å². The number of rotatable bonds is 8. The lowest BCUT2D eigenvalue weighted by Gasteiger charge is -2.26. The first-order valence-electron chi connectivity index (χ1n) is 13.2. The third kappa shape index (κ3) is 5.08. The smallest absolute Gasteiger partial charge is 0.160 e. The summed E-state index contributed by atoms with van der Waals surface area (Å²) in [5.74, 6) is 1.74. The van der Waals surface area contributed by atoms with E-state index in [-0.39, 0.29) is 0 Å². The number of methoxy groups -OCH3 is 1. The highest BCUT2D eigenvalue weighted by molar-refractivity contribution is 7.99. The Balaban J connectivity index is 1.31. The van der Waals surface area contributed by atoms with E-state index >= 15 is 0 Å².